The van der Waals surface area contributed by atoms with Crippen LogP contribution >= 0.6 is 0 Å². The SMILES string of the molecule is Cc1nc(/C=[N+](/O)C(C)(C)C)c(C)nc1/C=[N+](/O)C(C)(C)C. The van der Waals surface area contributed by atoms with Gasteiger partial charge in [0.05, 0.1) is 11.4 Å². The summed E-state index contributed by atoms with van der Waals surface area (Å²) in [6, 6.07) is 0. The van der Waals surface area contributed by atoms with E-state index in [1.54, 1.807) is 12.4 Å². The van der Waals surface area contributed by atoms with Crippen molar-refractivity contribution in [1.29, 1.82) is 0 Å². The Bertz CT molecular complexity index is 565. The third-order valence-corrected chi connectivity index (χ3v) is 3.18. The molecule has 0 aromatic carbocycles. The van der Waals surface area contributed by atoms with Gasteiger partial charge in [-0.25, -0.2) is 9.97 Å². The van der Waals surface area contributed by atoms with E-state index in [2.05, 4.69) is 9.97 Å². The van der Waals surface area contributed by atoms with Crippen molar-refractivity contribution in [2.45, 2.75) is 66.5 Å². The van der Waals surface area contributed by atoms with Gasteiger partial charge in [-0.15, -0.1) is 0 Å². The Labute approximate surface area is 132 Å². The van der Waals surface area contributed by atoms with Crippen LogP contribution in [0.2, 0.25) is 0 Å². The Balaban J connectivity index is 3.30. The molecule has 0 aliphatic carbocycles. The van der Waals surface area contributed by atoms with Gasteiger partial charge in [-0.1, -0.05) is 0 Å². The molecule has 6 nitrogen and oxygen atoms in total. The zero-order valence-corrected chi connectivity index (χ0v) is 14.8. The maximum absolute atomic E-state index is 10.0. The van der Waals surface area contributed by atoms with Gasteiger partial charge in [0.1, 0.15) is 0 Å². The maximum Gasteiger partial charge on any atom is 0.243 e. The second-order valence-corrected chi connectivity index (χ2v) is 7.45. The van der Waals surface area contributed by atoms with E-state index in [0.29, 0.717) is 22.8 Å². The lowest BCUT2D eigenvalue weighted by atomic mass is 10.1. The average molecular weight is 308 g/mol. The lowest BCUT2D eigenvalue weighted by Gasteiger charge is -2.11. The molecule has 0 saturated heterocycles. The number of hydrogen-bond donors (Lipinski definition) is 2. The predicted molar refractivity (Wildman–Crippen MR) is 85.4 cm³/mol. The topological polar surface area (TPSA) is 72.3 Å². The van der Waals surface area contributed by atoms with Crippen molar-refractivity contribution >= 4 is 12.4 Å². The summed E-state index contributed by atoms with van der Waals surface area (Å²) in [6.07, 6.45) is 3.14. The number of hydroxylamine groups is 2. The summed E-state index contributed by atoms with van der Waals surface area (Å²) in [5.74, 6) is 0. The maximum atomic E-state index is 10.0. The van der Waals surface area contributed by atoms with E-state index < -0.39 is 11.1 Å². The first-order valence-corrected chi connectivity index (χ1v) is 7.34. The van der Waals surface area contributed by atoms with Crippen LogP contribution in [0.5, 0.6) is 0 Å². The Morgan fingerprint density at radius 3 is 1.23 bits per heavy atom. The average Bonchev–Trinajstić information content (AvgIpc) is 2.32. The van der Waals surface area contributed by atoms with Crippen LogP contribution < -0.4 is 0 Å². The van der Waals surface area contributed by atoms with Gasteiger partial charge in [-0.05, 0) is 23.3 Å². The zero-order chi connectivity index (χ0) is 17.3. The van der Waals surface area contributed by atoms with Gasteiger partial charge in [0, 0.05) is 41.5 Å². The van der Waals surface area contributed by atoms with Gasteiger partial charge in [0.15, 0.2) is 11.4 Å². The van der Waals surface area contributed by atoms with Crippen molar-refractivity contribution in [2.24, 2.45) is 0 Å². The lowest BCUT2D eigenvalue weighted by molar-refractivity contribution is -0.816. The molecule has 0 atom stereocenters. The van der Waals surface area contributed by atoms with Crippen LogP contribution in [0, 0.1) is 13.8 Å². The third-order valence-electron chi connectivity index (χ3n) is 3.18. The van der Waals surface area contributed by atoms with E-state index in [4.69, 9.17) is 0 Å². The summed E-state index contributed by atoms with van der Waals surface area (Å²) in [4.78, 5) is 8.95. The highest BCUT2D eigenvalue weighted by Gasteiger charge is 2.27. The monoisotopic (exact) mass is 308 g/mol. The quantitative estimate of drug-likeness (QED) is 0.381. The Kier molecular flexibility index (Phi) is 4.95. The van der Waals surface area contributed by atoms with Gasteiger partial charge in [-0.2, -0.15) is 0 Å². The van der Waals surface area contributed by atoms with Crippen LogP contribution in [0.1, 0.15) is 64.3 Å². The fourth-order valence-electron chi connectivity index (χ4n) is 1.50. The molecule has 122 valence electrons. The van der Waals surface area contributed by atoms with Crippen LogP contribution in [-0.2, 0) is 0 Å². The molecule has 0 unspecified atom stereocenters. The van der Waals surface area contributed by atoms with Crippen molar-refractivity contribution in [3.63, 3.8) is 0 Å². The minimum atomic E-state index is -0.416. The summed E-state index contributed by atoms with van der Waals surface area (Å²) in [5.41, 5.74) is 1.74. The second-order valence-electron chi connectivity index (χ2n) is 7.45. The van der Waals surface area contributed by atoms with E-state index >= 15 is 0 Å². The van der Waals surface area contributed by atoms with Crippen LogP contribution in [0.25, 0.3) is 0 Å². The second kappa shape index (κ2) is 6.02. The molecular weight excluding hydrogens is 280 g/mol. The third kappa shape index (κ3) is 4.51. The molecule has 1 aromatic rings. The van der Waals surface area contributed by atoms with Crippen molar-refractivity contribution in [2.75, 3.05) is 0 Å². The molecule has 1 aromatic heterocycles. The molecule has 0 saturated carbocycles. The van der Waals surface area contributed by atoms with Crippen molar-refractivity contribution < 1.29 is 19.9 Å². The normalized spacial score (nSPS) is 14.4. The van der Waals surface area contributed by atoms with E-state index in [-0.39, 0.29) is 0 Å². The minimum Gasteiger partial charge on any atom is -0.290 e. The van der Waals surface area contributed by atoms with E-state index in [0.717, 1.165) is 9.48 Å². The number of aromatic nitrogens is 2. The fourth-order valence-corrected chi connectivity index (χ4v) is 1.50. The summed E-state index contributed by atoms with van der Waals surface area (Å²) >= 11 is 0. The number of hydrogen-bond acceptors (Lipinski definition) is 4. The standard InChI is InChI=1S/C16H28N4O2/c1-11-13(9-19(21)15(3,4)5)18-12(2)14(17-11)10-20(22)16(6,7)8/h9-10,21-22H,1-8H3/q+2. The van der Waals surface area contributed by atoms with Gasteiger partial charge in [0.2, 0.25) is 23.5 Å². The summed E-state index contributed by atoms with van der Waals surface area (Å²) < 4.78 is 2.25. The molecule has 0 aliphatic rings. The zero-order valence-electron chi connectivity index (χ0n) is 14.8. The molecular formula is C16H28N4O2+2. The van der Waals surface area contributed by atoms with E-state index in [1.807, 2.05) is 55.4 Å². The molecule has 0 bridgehead atoms. The van der Waals surface area contributed by atoms with Gasteiger partial charge >= 0.3 is 0 Å². The molecule has 22 heavy (non-hydrogen) atoms. The number of rotatable bonds is 2. The Morgan fingerprint density at radius 1 is 0.727 bits per heavy atom. The smallest absolute Gasteiger partial charge is 0.243 e. The summed E-state index contributed by atoms with van der Waals surface area (Å²) in [5, 5.41) is 20.1. The molecule has 6 heteroatoms. The Morgan fingerprint density at radius 2 is 1.00 bits per heavy atom. The van der Waals surface area contributed by atoms with Gasteiger partial charge in [0.25, 0.3) is 0 Å². The molecule has 0 fully saturated rings. The van der Waals surface area contributed by atoms with Crippen LogP contribution in [0.4, 0.5) is 0 Å². The van der Waals surface area contributed by atoms with Gasteiger partial charge < -0.3 is 0 Å². The highest BCUT2D eigenvalue weighted by Crippen LogP contribution is 2.10. The Hall–Kier alpha value is -1.98. The molecule has 0 radical (unpaired) electrons. The summed E-state index contributed by atoms with van der Waals surface area (Å²) in [7, 11) is 0. The van der Waals surface area contributed by atoms with Crippen molar-refractivity contribution in [1.82, 2.24) is 9.97 Å². The lowest BCUT2D eigenvalue weighted by Crippen LogP contribution is -2.32. The molecule has 1 rings (SSSR count). The van der Waals surface area contributed by atoms with Gasteiger partial charge in [-0.3, -0.25) is 10.4 Å². The van der Waals surface area contributed by atoms with Crippen LogP contribution in [-0.4, -0.2) is 53.4 Å². The highest BCUT2D eigenvalue weighted by atomic mass is 16.5. The molecule has 0 spiro atoms. The number of nitrogens with zero attached hydrogens (tertiary/aromatic N) is 4. The largest absolute Gasteiger partial charge is 0.290 e. The minimum absolute atomic E-state index is 0.416. The van der Waals surface area contributed by atoms with Crippen molar-refractivity contribution in [3.8, 4) is 0 Å². The molecule has 2 N–H and O–H groups in total. The highest BCUT2D eigenvalue weighted by molar-refractivity contribution is 5.78. The fraction of sp³-hybridized carbons (Fsp3) is 0.625. The molecule has 0 aliphatic heterocycles. The van der Waals surface area contributed by atoms with Crippen LogP contribution in [0.15, 0.2) is 0 Å². The summed E-state index contributed by atoms with van der Waals surface area (Å²) in [6.45, 7) is 15.0. The molecule has 1 heterocycles. The first-order chi connectivity index (χ1) is 9.82. The van der Waals surface area contributed by atoms with Crippen molar-refractivity contribution in [3.05, 3.63) is 22.8 Å². The van der Waals surface area contributed by atoms with E-state index in [1.165, 1.54) is 0 Å². The van der Waals surface area contributed by atoms with E-state index in [9.17, 15) is 10.4 Å². The first kappa shape index (κ1) is 18.1. The predicted octanol–water partition coefficient (Wildman–Crippen LogP) is 2.33. The molecule has 0 amide bonds. The number of aryl methyl sites for hydroxylation is 2. The van der Waals surface area contributed by atoms with Crippen LogP contribution in [0.3, 0.4) is 0 Å². The first-order valence-electron chi connectivity index (χ1n) is 7.34.